The molecule has 0 aromatic heterocycles. The zero-order valence-electron chi connectivity index (χ0n) is 18.8. The van der Waals surface area contributed by atoms with Crippen molar-refractivity contribution in [3.63, 3.8) is 0 Å². The molecule has 2 atom stereocenters. The van der Waals surface area contributed by atoms with Crippen molar-refractivity contribution in [3.05, 3.63) is 81.4 Å². The number of amides is 3. The summed E-state index contributed by atoms with van der Waals surface area (Å²) >= 11 is 5.95. The van der Waals surface area contributed by atoms with Gasteiger partial charge in [-0.2, -0.15) is 5.01 Å². The van der Waals surface area contributed by atoms with Gasteiger partial charge in [0.2, 0.25) is 0 Å². The first-order valence-corrected chi connectivity index (χ1v) is 11.3. The molecule has 0 N–H and O–H groups in total. The quantitative estimate of drug-likeness (QED) is 0.370. The van der Waals surface area contributed by atoms with Gasteiger partial charge in [-0.05, 0) is 75.1 Å². The van der Waals surface area contributed by atoms with Gasteiger partial charge < -0.3 is 0 Å². The van der Waals surface area contributed by atoms with Gasteiger partial charge in [-0.1, -0.05) is 35.4 Å². The van der Waals surface area contributed by atoms with Crippen molar-refractivity contribution in [1.82, 2.24) is 10.0 Å². The van der Waals surface area contributed by atoms with Gasteiger partial charge in [-0.25, -0.2) is 5.01 Å². The molecule has 2 aliphatic rings. The average Bonchev–Trinajstić information content (AvgIpc) is 3.03. The first kappa shape index (κ1) is 22.9. The van der Waals surface area contributed by atoms with Crippen molar-refractivity contribution in [1.29, 1.82) is 0 Å². The van der Waals surface area contributed by atoms with Gasteiger partial charge in [-0.15, -0.1) is 0 Å². The largest absolute Gasteiger partial charge is 0.292 e. The van der Waals surface area contributed by atoms with E-state index in [1.165, 1.54) is 12.1 Å². The van der Waals surface area contributed by atoms with Crippen LogP contribution in [0.2, 0.25) is 5.02 Å². The molecule has 3 amide bonds. The number of halogens is 1. The van der Waals surface area contributed by atoms with E-state index in [4.69, 9.17) is 11.6 Å². The van der Waals surface area contributed by atoms with Crippen LogP contribution >= 0.6 is 11.6 Å². The number of imide groups is 1. The summed E-state index contributed by atoms with van der Waals surface area (Å²) in [5.41, 5.74) is 3.67. The van der Waals surface area contributed by atoms with E-state index in [0.717, 1.165) is 26.7 Å². The normalized spacial score (nSPS) is 19.9. The molecule has 0 unspecified atom stereocenters. The summed E-state index contributed by atoms with van der Waals surface area (Å²) in [6.45, 7) is 5.35. The molecule has 1 aliphatic heterocycles. The molecular formula is C26H25ClN2O4. The van der Waals surface area contributed by atoms with Crippen LogP contribution in [0.15, 0.2) is 54.1 Å². The van der Waals surface area contributed by atoms with E-state index in [9.17, 15) is 19.2 Å². The fourth-order valence-corrected chi connectivity index (χ4v) is 4.50. The highest BCUT2D eigenvalue weighted by Gasteiger charge is 2.51. The number of hydrogen-bond donors (Lipinski definition) is 0. The minimum absolute atomic E-state index is 0.233. The van der Waals surface area contributed by atoms with E-state index in [0.29, 0.717) is 23.4 Å². The van der Waals surface area contributed by atoms with Crippen LogP contribution in [0.4, 0.5) is 0 Å². The highest BCUT2D eigenvalue weighted by molar-refractivity contribution is 6.30. The van der Waals surface area contributed by atoms with Crippen molar-refractivity contribution in [2.75, 3.05) is 6.54 Å². The summed E-state index contributed by atoms with van der Waals surface area (Å²) < 4.78 is 0. The Morgan fingerprint density at radius 3 is 2.24 bits per heavy atom. The van der Waals surface area contributed by atoms with Crippen LogP contribution < -0.4 is 0 Å². The minimum Gasteiger partial charge on any atom is -0.292 e. The Bertz CT molecular complexity index is 1190. The first-order valence-electron chi connectivity index (χ1n) is 10.9. The molecule has 1 saturated heterocycles. The molecule has 2 aromatic rings. The van der Waals surface area contributed by atoms with Crippen molar-refractivity contribution >= 4 is 35.1 Å². The molecule has 170 valence electrons. The van der Waals surface area contributed by atoms with Gasteiger partial charge in [0.05, 0.1) is 11.8 Å². The predicted octanol–water partition coefficient (Wildman–Crippen LogP) is 4.54. The van der Waals surface area contributed by atoms with E-state index < -0.39 is 36.1 Å². The van der Waals surface area contributed by atoms with Crippen molar-refractivity contribution in [3.8, 4) is 0 Å². The Morgan fingerprint density at radius 2 is 1.58 bits per heavy atom. The van der Waals surface area contributed by atoms with Crippen LogP contribution in [0.5, 0.6) is 0 Å². The van der Waals surface area contributed by atoms with Crippen LogP contribution in [-0.4, -0.2) is 40.1 Å². The molecule has 6 nitrogen and oxygen atoms in total. The SMILES string of the molecule is CC1=CC[C@H]2C(=O)N(N(CC(=O)c3ccc(C)c(C)c3)C(=O)c3ccc(Cl)cc3)C(=O)[C@@H]2C1. The minimum atomic E-state index is -0.603. The second-order valence-electron chi connectivity index (χ2n) is 8.78. The molecule has 4 rings (SSSR count). The highest BCUT2D eigenvalue weighted by Crippen LogP contribution is 2.38. The number of allylic oxidation sites excluding steroid dienone is 2. The van der Waals surface area contributed by atoms with E-state index in [1.807, 2.05) is 32.9 Å². The third-order valence-electron chi connectivity index (χ3n) is 6.49. The van der Waals surface area contributed by atoms with Crippen molar-refractivity contribution in [2.24, 2.45) is 11.8 Å². The monoisotopic (exact) mass is 464 g/mol. The molecule has 0 radical (unpaired) electrons. The number of ketones is 1. The lowest BCUT2D eigenvalue weighted by Crippen LogP contribution is -2.52. The molecule has 7 heteroatoms. The molecule has 0 saturated carbocycles. The Labute approximate surface area is 197 Å². The van der Waals surface area contributed by atoms with E-state index >= 15 is 0 Å². The van der Waals surface area contributed by atoms with Gasteiger partial charge >= 0.3 is 0 Å². The summed E-state index contributed by atoms with van der Waals surface area (Å²) in [5.74, 6) is -2.87. The maximum atomic E-state index is 13.5. The molecule has 0 spiro atoms. The van der Waals surface area contributed by atoms with Gasteiger partial charge in [0.25, 0.3) is 17.7 Å². The second kappa shape index (κ2) is 8.94. The number of Topliss-reactive ketones (excluding diaryl/α,β-unsaturated/α-hetero) is 1. The van der Waals surface area contributed by atoms with E-state index in [1.54, 1.807) is 24.3 Å². The molecule has 2 aromatic carbocycles. The van der Waals surface area contributed by atoms with Gasteiger partial charge in [-0.3, -0.25) is 19.2 Å². The van der Waals surface area contributed by atoms with Crippen molar-refractivity contribution < 1.29 is 19.2 Å². The Hall–Kier alpha value is -3.25. The lowest BCUT2D eigenvalue weighted by atomic mass is 9.82. The number of hydrogen-bond acceptors (Lipinski definition) is 4. The standard InChI is InChI=1S/C26H25ClN2O4/c1-15-4-11-21-22(12-15)26(33)29(25(21)32)28(24(31)18-7-9-20(27)10-8-18)14-23(30)19-6-5-16(2)17(3)13-19/h4-10,13,21-22H,11-12,14H2,1-3H3/t21-,22-/m1/s1. The Balaban J connectivity index is 1.70. The maximum Gasteiger partial charge on any atom is 0.273 e. The van der Waals surface area contributed by atoms with Crippen LogP contribution in [0.1, 0.15) is 51.6 Å². The number of carbonyl (C=O) groups excluding carboxylic acids is 4. The summed E-state index contributed by atoms with van der Waals surface area (Å²) in [6.07, 6.45) is 2.88. The van der Waals surface area contributed by atoms with Crippen LogP contribution in [0.3, 0.4) is 0 Å². The number of nitrogens with zero attached hydrogens (tertiary/aromatic N) is 2. The molecule has 1 aliphatic carbocycles. The van der Waals surface area contributed by atoms with E-state index in [2.05, 4.69) is 0 Å². The number of carbonyl (C=O) groups is 4. The molecule has 0 bridgehead atoms. The Kier molecular flexibility index (Phi) is 6.21. The lowest BCUT2D eigenvalue weighted by Gasteiger charge is -2.30. The number of fused-ring (bicyclic) bond motifs is 1. The summed E-state index contributed by atoms with van der Waals surface area (Å²) in [7, 11) is 0. The third-order valence-corrected chi connectivity index (χ3v) is 6.74. The van der Waals surface area contributed by atoms with Crippen LogP contribution in [0.25, 0.3) is 0 Å². The molecule has 33 heavy (non-hydrogen) atoms. The maximum absolute atomic E-state index is 13.5. The fraction of sp³-hybridized carbons (Fsp3) is 0.308. The molecule has 1 fully saturated rings. The topological polar surface area (TPSA) is 74.8 Å². The summed E-state index contributed by atoms with van der Waals surface area (Å²) in [4.78, 5) is 53.2. The van der Waals surface area contributed by atoms with Crippen molar-refractivity contribution in [2.45, 2.75) is 33.6 Å². The smallest absolute Gasteiger partial charge is 0.273 e. The van der Waals surface area contributed by atoms with Crippen LogP contribution in [-0.2, 0) is 9.59 Å². The second-order valence-corrected chi connectivity index (χ2v) is 9.22. The van der Waals surface area contributed by atoms with E-state index in [-0.39, 0.29) is 11.3 Å². The fourth-order valence-electron chi connectivity index (χ4n) is 4.37. The summed E-state index contributed by atoms with van der Waals surface area (Å²) in [6, 6.07) is 11.4. The molecule has 1 heterocycles. The zero-order chi connectivity index (χ0) is 23.9. The number of benzene rings is 2. The molecular weight excluding hydrogens is 440 g/mol. The highest BCUT2D eigenvalue weighted by atomic mass is 35.5. The number of aryl methyl sites for hydroxylation is 2. The average molecular weight is 465 g/mol. The van der Waals surface area contributed by atoms with Gasteiger partial charge in [0.15, 0.2) is 5.78 Å². The third kappa shape index (κ3) is 4.35. The first-order chi connectivity index (χ1) is 15.7. The summed E-state index contributed by atoms with van der Waals surface area (Å²) in [5, 5.41) is 2.35. The Morgan fingerprint density at radius 1 is 0.939 bits per heavy atom. The van der Waals surface area contributed by atoms with Crippen LogP contribution in [0, 0.1) is 25.7 Å². The number of hydrazine groups is 1. The van der Waals surface area contributed by atoms with Gasteiger partial charge in [0.1, 0.15) is 6.54 Å². The van der Waals surface area contributed by atoms with Gasteiger partial charge in [0, 0.05) is 16.1 Å². The number of rotatable bonds is 5. The zero-order valence-corrected chi connectivity index (χ0v) is 19.6. The lowest BCUT2D eigenvalue weighted by molar-refractivity contribution is -0.154. The predicted molar refractivity (Wildman–Crippen MR) is 125 cm³/mol.